The Morgan fingerprint density at radius 2 is 1.88 bits per heavy atom. The number of hydrogen-bond donors (Lipinski definition) is 1. The Kier molecular flexibility index (Phi) is 3.69. The summed E-state index contributed by atoms with van der Waals surface area (Å²) in [6.07, 6.45) is 12.4. The molecule has 24 heavy (non-hydrogen) atoms. The molecule has 0 aliphatic rings. The summed E-state index contributed by atoms with van der Waals surface area (Å²) in [6, 6.07) is 12.0. The minimum atomic E-state index is 0.663. The third-order valence-electron chi connectivity index (χ3n) is 3.52. The van der Waals surface area contributed by atoms with E-state index in [-0.39, 0.29) is 0 Å². The van der Waals surface area contributed by atoms with E-state index >= 15 is 0 Å². The van der Waals surface area contributed by atoms with E-state index in [1.54, 1.807) is 31.1 Å². The van der Waals surface area contributed by atoms with Gasteiger partial charge in [0, 0.05) is 12.4 Å². The number of nitrogens with zero attached hydrogens (tertiary/aromatic N) is 5. The van der Waals surface area contributed by atoms with E-state index in [0.29, 0.717) is 11.6 Å². The van der Waals surface area contributed by atoms with E-state index in [2.05, 4.69) is 25.3 Å². The molecule has 3 aromatic heterocycles. The van der Waals surface area contributed by atoms with Gasteiger partial charge in [-0.05, 0) is 17.7 Å². The fourth-order valence-electron chi connectivity index (χ4n) is 2.38. The molecular weight excluding hydrogens is 300 g/mol. The predicted molar refractivity (Wildman–Crippen MR) is 93.6 cm³/mol. The predicted octanol–water partition coefficient (Wildman–Crippen LogP) is 3.29. The second-order valence-corrected chi connectivity index (χ2v) is 5.13. The Bertz CT molecular complexity index is 991. The molecule has 0 aliphatic carbocycles. The van der Waals surface area contributed by atoms with Crippen molar-refractivity contribution < 1.29 is 0 Å². The third kappa shape index (κ3) is 2.85. The van der Waals surface area contributed by atoms with Crippen LogP contribution in [0.1, 0.15) is 5.56 Å². The number of hydrogen-bond acceptors (Lipinski definition) is 5. The molecule has 0 unspecified atom stereocenters. The number of rotatable bonds is 4. The lowest BCUT2D eigenvalue weighted by atomic mass is 10.2. The van der Waals surface area contributed by atoms with Crippen molar-refractivity contribution in [2.24, 2.45) is 0 Å². The summed E-state index contributed by atoms with van der Waals surface area (Å²) in [5, 5.41) is 3.14. The maximum atomic E-state index is 4.57. The molecule has 0 aliphatic heterocycles. The lowest BCUT2D eigenvalue weighted by Crippen LogP contribution is -2.00. The number of anilines is 1. The standard InChI is InChI=1S/C18H14N6/c1-2-4-14(5-3-1)6-9-21-17-11-20-12-18(23-17)24-13-22-15-10-19-8-7-16(15)24/h1-13H,(H,21,23). The Hall–Kier alpha value is -3.54. The molecule has 0 saturated heterocycles. The van der Waals surface area contributed by atoms with Crippen LogP contribution in [-0.4, -0.2) is 24.5 Å². The van der Waals surface area contributed by atoms with E-state index in [1.807, 2.05) is 53.2 Å². The van der Waals surface area contributed by atoms with E-state index in [4.69, 9.17) is 0 Å². The van der Waals surface area contributed by atoms with Crippen LogP contribution >= 0.6 is 0 Å². The van der Waals surface area contributed by atoms with Crippen molar-refractivity contribution in [2.45, 2.75) is 0 Å². The zero-order valence-corrected chi connectivity index (χ0v) is 12.7. The molecule has 1 N–H and O–H groups in total. The Balaban J connectivity index is 1.59. The van der Waals surface area contributed by atoms with Gasteiger partial charge in [0.2, 0.25) is 0 Å². The van der Waals surface area contributed by atoms with Gasteiger partial charge in [-0.1, -0.05) is 30.3 Å². The van der Waals surface area contributed by atoms with Crippen molar-refractivity contribution in [3.63, 3.8) is 0 Å². The topological polar surface area (TPSA) is 68.5 Å². The molecular formula is C18H14N6. The molecule has 0 radical (unpaired) electrons. The average Bonchev–Trinajstić information content (AvgIpc) is 3.07. The van der Waals surface area contributed by atoms with Crippen molar-refractivity contribution in [3.8, 4) is 5.82 Å². The van der Waals surface area contributed by atoms with Crippen LogP contribution < -0.4 is 5.32 Å². The quantitative estimate of drug-likeness (QED) is 0.626. The number of fused-ring (bicyclic) bond motifs is 1. The second-order valence-electron chi connectivity index (χ2n) is 5.13. The normalized spacial score (nSPS) is 11.2. The summed E-state index contributed by atoms with van der Waals surface area (Å²) in [4.78, 5) is 17.2. The van der Waals surface area contributed by atoms with Crippen LogP contribution in [0.3, 0.4) is 0 Å². The number of imidazole rings is 1. The fraction of sp³-hybridized carbons (Fsp3) is 0. The number of nitrogens with one attached hydrogen (secondary N) is 1. The summed E-state index contributed by atoms with van der Waals surface area (Å²) in [7, 11) is 0. The fourth-order valence-corrected chi connectivity index (χ4v) is 2.38. The number of pyridine rings is 1. The molecule has 1 aromatic carbocycles. The molecule has 0 spiro atoms. The maximum absolute atomic E-state index is 4.57. The van der Waals surface area contributed by atoms with Gasteiger partial charge in [-0.2, -0.15) is 0 Å². The molecule has 3 heterocycles. The van der Waals surface area contributed by atoms with Crippen molar-refractivity contribution in [2.75, 3.05) is 5.32 Å². The van der Waals surface area contributed by atoms with Gasteiger partial charge in [0.1, 0.15) is 11.8 Å². The van der Waals surface area contributed by atoms with Crippen molar-refractivity contribution in [1.82, 2.24) is 24.5 Å². The molecule has 0 amide bonds. The van der Waals surface area contributed by atoms with Gasteiger partial charge in [0.25, 0.3) is 0 Å². The second kappa shape index (κ2) is 6.29. The summed E-state index contributed by atoms with van der Waals surface area (Å²) >= 11 is 0. The van der Waals surface area contributed by atoms with Crippen LogP contribution in [0.15, 0.2) is 73.7 Å². The lowest BCUT2D eigenvalue weighted by Gasteiger charge is -2.05. The molecule has 6 nitrogen and oxygen atoms in total. The van der Waals surface area contributed by atoms with Crippen LogP contribution in [0.5, 0.6) is 0 Å². The molecule has 4 rings (SSSR count). The average molecular weight is 314 g/mol. The van der Waals surface area contributed by atoms with Gasteiger partial charge in [0.15, 0.2) is 11.6 Å². The van der Waals surface area contributed by atoms with Gasteiger partial charge in [-0.25, -0.2) is 9.97 Å². The van der Waals surface area contributed by atoms with Crippen LogP contribution in [0.4, 0.5) is 5.82 Å². The summed E-state index contributed by atoms with van der Waals surface area (Å²) in [5.41, 5.74) is 2.88. The molecule has 0 atom stereocenters. The van der Waals surface area contributed by atoms with Gasteiger partial charge in [0.05, 0.1) is 24.1 Å². The maximum Gasteiger partial charge on any atom is 0.159 e. The Labute approximate surface area is 138 Å². The van der Waals surface area contributed by atoms with Crippen molar-refractivity contribution >= 4 is 22.9 Å². The van der Waals surface area contributed by atoms with Crippen LogP contribution in [0.25, 0.3) is 22.9 Å². The van der Waals surface area contributed by atoms with Crippen molar-refractivity contribution in [1.29, 1.82) is 0 Å². The van der Waals surface area contributed by atoms with Crippen LogP contribution in [-0.2, 0) is 0 Å². The summed E-state index contributed by atoms with van der Waals surface area (Å²) in [6.45, 7) is 0. The van der Waals surface area contributed by atoms with E-state index in [0.717, 1.165) is 16.6 Å². The molecule has 0 saturated carbocycles. The zero-order chi connectivity index (χ0) is 16.2. The van der Waals surface area contributed by atoms with E-state index in [9.17, 15) is 0 Å². The minimum Gasteiger partial charge on any atom is -0.345 e. The van der Waals surface area contributed by atoms with Gasteiger partial charge >= 0.3 is 0 Å². The summed E-state index contributed by atoms with van der Waals surface area (Å²) in [5.74, 6) is 1.36. The van der Waals surface area contributed by atoms with Crippen LogP contribution in [0.2, 0.25) is 0 Å². The monoisotopic (exact) mass is 314 g/mol. The van der Waals surface area contributed by atoms with Crippen molar-refractivity contribution in [3.05, 3.63) is 79.3 Å². The highest BCUT2D eigenvalue weighted by Gasteiger charge is 2.06. The Morgan fingerprint density at radius 3 is 2.79 bits per heavy atom. The lowest BCUT2D eigenvalue weighted by molar-refractivity contribution is 0.998. The van der Waals surface area contributed by atoms with Gasteiger partial charge in [-0.3, -0.25) is 14.5 Å². The third-order valence-corrected chi connectivity index (χ3v) is 3.52. The van der Waals surface area contributed by atoms with Gasteiger partial charge in [-0.15, -0.1) is 0 Å². The van der Waals surface area contributed by atoms with Crippen LogP contribution in [0, 0.1) is 0 Å². The first-order valence-corrected chi connectivity index (χ1v) is 7.48. The first kappa shape index (κ1) is 14.1. The van der Waals surface area contributed by atoms with Gasteiger partial charge < -0.3 is 5.32 Å². The van der Waals surface area contributed by atoms with E-state index < -0.39 is 0 Å². The largest absolute Gasteiger partial charge is 0.345 e. The molecule has 0 fully saturated rings. The summed E-state index contributed by atoms with van der Waals surface area (Å²) < 4.78 is 1.89. The minimum absolute atomic E-state index is 0.663. The first-order valence-electron chi connectivity index (χ1n) is 7.48. The first-order chi connectivity index (χ1) is 11.9. The number of benzene rings is 1. The molecule has 116 valence electrons. The highest BCUT2D eigenvalue weighted by atomic mass is 15.1. The highest BCUT2D eigenvalue weighted by Crippen LogP contribution is 2.16. The molecule has 0 bridgehead atoms. The smallest absolute Gasteiger partial charge is 0.159 e. The number of aromatic nitrogens is 5. The highest BCUT2D eigenvalue weighted by molar-refractivity contribution is 5.75. The molecule has 4 aromatic rings. The van der Waals surface area contributed by atoms with E-state index in [1.165, 1.54) is 0 Å². The Morgan fingerprint density at radius 1 is 0.958 bits per heavy atom. The SMILES string of the molecule is C(=Cc1ccccc1)Nc1cncc(-n2cnc3cnccc32)n1. The molecule has 6 heteroatoms. The zero-order valence-electron chi connectivity index (χ0n) is 12.7.